The van der Waals surface area contributed by atoms with Gasteiger partial charge in [-0.1, -0.05) is 11.6 Å². The molecule has 0 fully saturated rings. The van der Waals surface area contributed by atoms with E-state index in [1.165, 1.54) is 23.4 Å². The van der Waals surface area contributed by atoms with Gasteiger partial charge in [0.15, 0.2) is 6.61 Å². The number of hydrogen-bond donors (Lipinski definition) is 1. The number of fused-ring (bicyclic) bond motifs is 2. The highest BCUT2D eigenvalue weighted by atomic mass is 35.5. The minimum atomic E-state index is -0.157. The molecule has 0 aliphatic heterocycles. The molecule has 140 valence electrons. The van der Waals surface area contributed by atoms with Crippen molar-refractivity contribution in [3.8, 4) is 5.75 Å². The first-order valence-corrected chi connectivity index (χ1v) is 10.3. The zero-order valence-corrected chi connectivity index (χ0v) is 16.4. The highest BCUT2D eigenvalue weighted by Crippen LogP contribution is 2.29. The summed E-state index contributed by atoms with van der Waals surface area (Å²) in [5.74, 6) is 0.396. The number of halogens is 1. The molecule has 0 bridgehead atoms. The summed E-state index contributed by atoms with van der Waals surface area (Å²) in [5.41, 5.74) is 1.92. The van der Waals surface area contributed by atoms with E-state index < -0.39 is 0 Å². The number of amides is 1. The van der Waals surface area contributed by atoms with Crippen molar-refractivity contribution in [2.75, 3.05) is 13.2 Å². The number of rotatable bonds is 6. The summed E-state index contributed by atoms with van der Waals surface area (Å²) in [7, 11) is 0. The molecule has 2 heterocycles. The smallest absolute Gasteiger partial charge is 0.257 e. The Kier molecular flexibility index (Phi) is 5.55. The number of benzene rings is 1. The predicted octanol–water partition coefficient (Wildman–Crippen LogP) is 3.96. The van der Waals surface area contributed by atoms with E-state index >= 15 is 0 Å². The normalized spacial score (nSPS) is 13.4. The van der Waals surface area contributed by atoms with Gasteiger partial charge < -0.3 is 10.1 Å². The van der Waals surface area contributed by atoms with Gasteiger partial charge >= 0.3 is 0 Å². The number of nitrogens with zero attached hydrogens (tertiary/aromatic N) is 2. The van der Waals surface area contributed by atoms with Gasteiger partial charge in [0.2, 0.25) is 0 Å². The second-order valence-electron chi connectivity index (χ2n) is 6.52. The van der Waals surface area contributed by atoms with Crippen LogP contribution >= 0.6 is 22.9 Å². The van der Waals surface area contributed by atoms with E-state index in [1.54, 1.807) is 29.7 Å². The molecule has 0 atom stereocenters. The van der Waals surface area contributed by atoms with Crippen LogP contribution in [-0.4, -0.2) is 29.0 Å². The third-order valence-electron chi connectivity index (χ3n) is 4.59. The number of thiazole rings is 1. The molecule has 7 heteroatoms. The molecule has 1 aliphatic carbocycles. The summed E-state index contributed by atoms with van der Waals surface area (Å²) in [4.78, 5) is 22.5. The monoisotopic (exact) mass is 401 g/mol. The largest absolute Gasteiger partial charge is 0.481 e. The molecule has 1 N–H and O–H groups in total. The van der Waals surface area contributed by atoms with Gasteiger partial charge in [-0.05, 0) is 49.9 Å². The number of nitrogens with one attached hydrogen (secondary N) is 1. The van der Waals surface area contributed by atoms with Gasteiger partial charge in [-0.15, -0.1) is 11.3 Å². The Morgan fingerprint density at radius 3 is 3.04 bits per heavy atom. The molecular formula is C20H20ClN3O2S. The first kappa shape index (κ1) is 18.2. The number of pyridine rings is 1. The van der Waals surface area contributed by atoms with Gasteiger partial charge in [-0.25, -0.2) is 4.98 Å². The van der Waals surface area contributed by atoms with E-state index in [0.29, 0.717) is 22.8 Å². The average molecular weight is 402 g/mol. The van der Waals surface area contributed by atoms with E-state index in [0.717, 1.165) is 29.7 Å². The molecule has 5 nitrogen and oxygen atoms in total. The van der Waals surface area contributed by atoms with Crippen molar-refractivity contribution in [2.45, 2.75) is 32.1 Å². The van der Waals surface area contributed by atoms with Crippen molar-refractivity contribution in [3.05, 3.63) is 51.1 Å². The lowest BCUT2D eigenvalue weighted by atomic mass is 10.0. The van der Waals surface area contributed by atoms with Crippen molar-refractivity contribution in [1.82, 2.24) is 15.3 Å². The van der Waals surface area contributed by atoms with Gasteiger partial charge in [0.1, 0.15) is 11.3 Å². The fraction of sp³-hybridized carbons (Fsp3) is 0.350. The van der Waals surface area contributed by atoms with Crippen LogP contribution in [-0.2, 0) is 24.1 Å². The molecule has 0 radical (unpaired) electrons. The molecular weight excluding hydrogens is 382 g/mol. The van der Waals surface area contributed by atoms with Crippen LogP contribution in [0.25, 0.3) is 10.9 Å². The molecule has 2 aromatic heterocycles. The SMILES string of the molecule is O=C(COc1ccc(Cl)c2cccnc12)NCCc1nc2c(s1)CCCC2. The maximum absolute atomic E-state index is 12.1. The molecule has 1 aliphatic rings. The minimum absolute atomic E-state index is 0.0539. The molecule has 1 amide bonds. The van der Waals surface area contributed by atoms with Gasteiger partial charge in [0.05, 0.1) is 15.7 Å². The average Bonchev–Trinajstić information content (AvgIpc) is 3.10. The summed E-state index contributed by atoms with van der Waals surface area (Å²) < 4.78 is 5.66. The van der Waals surface area contributed by atoms with Gasteiger partial charge in [0.25, 0.3) is 5.91 Å². The van der Waals surface area contributed by atoms with Crippen molar-refractivity contribution in [1.29, 1.82) is 0 Å². The summed E-state index contributed by atoms with van der Waals surface area (Å²) in [5, 5.41) is 5.43. The standard InChI is InChI=1S/C20H20ClN3O2S/c21-14-7-8-16(20-13(14)4-3-10-23-20)26-12-18(25)22-11-9-19-24-15-5-1-2-6-17(15)27-19/h3-4,7-8,10H,1-2,5-6,9,11-12H2,(H,22,25). The van der Waals surface area contributed by atoms with E-state index in [-0.39, 0.29) is 12.5 Å². The van der Waals surface area contributed by atoms with Crippen LogP contribution in [0, 0.1) is 0 Å². The first-order valence-electron chi connectivity index (χ1n) is 9.11. The number of hydrogen-bond acceptors (Lipinski definition) is 5. The second-order valence-corrected chi connectivity index (χ2v) is 8.09. The zero-order chi connectivity index (χ0) is 18.6. The van der Waals surface area contributed by atoms with Crippen LogP contribution in [0.1, 0.15) is 28.4 Å². The van der Waals surface area contributed by atoms with Crippen molar-refractivity contribution in [3.63, 3.8) is 0 Å². The van der Waals surface area contributed by atoms with Crippen LogP contribution in [0.15, 0.2) is 30.5 Å². The summed E-state index contributed by atoms with van der Waals surface area (Å²) in [6.07, 6.45) is 7.18. The third-order valence-corrected chi connectivity index (χ3v) is 6.14. The number of carbonyl (C=O) groups excluding carboxylic acids is 1. The molecule has 0 saturated carbocycles. The van der Waals surface area contributed by atoms with Gasteiger partial charge in [-0.3, -0.25) is 9.78 Å². The Morgan fingerprint density at radius 2 is 2.15 bits per heavy atom. The predicted molar refractivity (Wildman–Crippen MR) is 108 cm³/mol. The van der Waals surface area contributed by atoms with Crippen LogP contribution < -0.4 is 10.1 Å². The fourth-order valence-corrected chi connectivity index (χ4v) is 4.62. The number of carbonyl (C=O) groups is 1. The lowest BCUT2D eigenvalue weighted by Gasteiger charge is -2.09. The van der Waals surface area contributed by atoms with E-state index in [4.69, 9.17) is 21.3 Å². The molecule has 27 heavy (non-hydrogen) atoms. The Labute approximate surface area is 166 Å². The third kappa shape index (κ3) is 4.22. The van der Waals surface area contributed by atoms with Crippen LogP contribution in [0.2, 0.25) is 5.02 Å². The molecule has 1 aromatic carbocycles. The molecule has 0 saturated heterocycles. The number of ether oxygens (including phenoxy) is 1. The molecule has 0 unspecified atom stereocenters. The number of aromatic nitrogens is 2. The van der Waals surface area contributed by atoms with Crippen molar-refractivity contribution in [2.24, 2.45) is 0 Å². The Bertz CT molecular complexity index is 950. The van der Waals surface area contributed by atoms with Crippen molar-refractivity contribution >= 4 is 39.7 Å². The van der Waals surface area contributed by atoms with E-state index in [1.807, 2.05) is 12.1 Å². The molecule has 4 rings (SSSR count). The van der Waals surface area contributed by atoms with E-state index in [9.17, 15) is 4.79 Å². The maximum atomic E-state index is 12.1. The first-order chi connectivity index (χ1) is 13.2. The highest BCUT2D eigenvalue weighted by Gasteiger charge is 2.15. The minimum Gasteiger partial charge on any atom is -0.481 e. The number of aryl methyl sites for hydroxylation is 2. The Balaban J connectivity index is 1.29. The lowest BCUT2D eigenvalue weighted by molar-refractivity contribution is -0.123. The summed E-state index contributed by atoms with van der Waals surface area (Å²) in [6.45, 7) is 0.510. The van der Waals surface area contributed by atoms with E-state index in [2.05, 4.69) is 10.3 Å². The lowest BCUT2D eigenvalue weighted by Crippen LogP contribution is -2.30. The van der Waals surface area contributed by atoms with Gasteiger partial charge in [-0.2, -0.15) is 0 Å². The van der Waals surface area contributed by atoms with Gasteiger partial charge in [0, 0.05) is 29.4 Å². The summed E-state index contributed by atoms with van der Waals surface area (Å²) >= 11 is 7.96. The second kappa shape index (κ2) is 8.23. The Morgan fingerprint density at radius 1 is 1.26 bits per heavy atom. The fourth-order valence-electron chi connectivity index (χ4n) is 3.24. The maximum Gasteiger partial charge on any atom is 0.257 e. The zero-order valence-electron chi connectivity index (χ0n) is 14.8. The van der Waals surface area contributed by atoms with Crippen molar-refractivity contribution < 1.29 is 9.53 Å². The molecule has 3 aromatic rings. The quantitative estimate of drug-likeness (QED) is 0.679. The Hall–Kier alpha value is -2.18. The topological polar surface area (TPSA) is 64.1 Å². The van der Waals surface area contributed by atoms with Crippen LogP contribution in [0.4, 0.5) is 0 Å². The van der Waals surface area contributed by atoms with Crippen LogP contribution in [0.3, 0.4) is 0 Å². The molecule has 0 spiro atoms. The van der Waals surface area contributed by atoms with Crippen LogP contribution in [0.5, 0.6) is 5.75 Å². The highest BCUT2D eigenvalue weighted by molar-refractivity contribution is 7.11. The summed E-state index contributed by atoms with van der Waals surface area (Å²) in [6, 6.07) is 7.19.